The van der Waals surface area contributed by atoms with Gasteiger partial charge in [-0.05, 0) is 11.5 Å². The highest BCUT2D eigenvalue weighted by Gasteiger charge is 2.28. The predicted molar refractivity (Wildman–Crippen MR) is 84.0 cm³/mol. The van der Waals surface area contributed by atoms with Crippen LogP contribution in [0.1, 0.15) is 19.4 Å². The largest absolute Gasteiger partial charge is 0.445 e. The van der Waals surface area contributed by atoms with Crippen molar-refractivity contribution in [2.45, 2.75) is 26.5 Å². The van der Waals surface area contributed by atoms with Crippen LogP contribution in [0.3, 0.4) is 0 Å². The second-order valence-corrected chi connectivity index (χ2v) is 5.88. The number of amides is 1. The Morgan fingerprint density at radius 1 is 1.23 bits per heavy atom. The summed E-state index contributed by atoms with van der Waals surface area (Å²) in [4.78, 5) is 15.9. The predicted octanol–water partition coefficient (Wildman–Crippen LogP) is 2.49. The minimum Gasteiger partial charge on any atom is -0.445 e. The van der Waals surface area contributed by atoms with Gasteiger partial charge in [0.2, 0.25) is 0 Å². The summed E-state index contributed by atoms with van der Waals surface area (Å²) in [5, 5.41) is 9.24. The van der Waals surface area contributed by atoms with Crippen LogP contribution in [0, 0.1) is 17.2 Å². The summed E-state index contributed by atoms with van der Waals surface area (Å²) in [5.41, 5.74) is 0.985. The van der Waals surface area contributed by atoms with Gasteiger partial charge in [0.25, 0.3) is 0 Å². The Balaban J connectivity index is 1.79. The van der Waals surface area contributed by atoms with Crippen LogP contribution in [-0.4, -0.2) is 48.1 Å². The lowest BCUT2D eigenvalue weighted by atomic mass is 10.0. The number of carbonyl (C=O) groups is 1. The van der Waals surface area contributed by atoms with Crippen molar-refractivity contribution in [3.05, 3.63) is 35.9 Å². The number of ether oxygens (including phenoxy) is 1. The van der Waals surface area contributed by atoms with Gasteiger partial charge in [-0.3, -0.25) is 4.90 Å². The van der Waals surface area contributed by atoms with Gasteiger partial charge >= 0.3 is 6.09 Å². The standard InChI is InChI=1S/C17H23N3O2/c1-14(2)16(12-18)19-8-10-20(11-9-19)17(21)22-13-15-6-4-3-5-7-15/h3-7,14,16H,8-11,13H2,1-2H3. The second kappa shape index (κ2) is 7.81. The van der Waals surface area contributed by atoms with Crippen molar-refractivity contribution in [3.8, 4) is 6.07 Å². The normalized spacial score (nSPS) is 17.1. The first kappa shape index (κ1) is 16.3. The van der Waals surface area contributed by atoms with Crippen molar-refractivity contribution >= 4 is 6.09 Å². The Bertz CT molecular complexity index is 516. The van der Waals surface area contributed by atoms with E-state index >= 15 is 0 Å². The summed E-state index contributed by atoms with van der Waals surface area (Å²) in [7, 11) is 0. The molecule has 1 atom stereocenters. The molecule has 1 aliphatic heterocycles. The van der Waals surface area contributed by atoms with Gasteiger partial charge in [-0.25, -0.2) is 4.79 Å². The van der Waals surface area contributed by atoms with Gasteiger partial charge in [-0.15, -0.1) is 0 Å². The molecule has 1 fully saturated rings. The lowest BCUT2D eigenvalue weighted by molar-refractivity contribution is 0.0610. The molecular formula is C17H23N3O2. The second-order valence-electron chi connectivity index (χ2n) is 5.88. The number of rotatable bonds is 4. The van der Waals surface area contributed by atoms with Crippen LogP contribution in [0.25, 0.3) is 0 Å². The molecule has 0 N–H and O–H groups in total. The smallest absolute Gasteiger partial charge is 0.410 e. The molecular weight excluding hydrogens is 278 g/mol. The maximum atomic E-state index is 12.1. The van der Waals surface area contributed by atoms with E-state index in [4.69, 9.17) is 4.74 Å². The molecule has 0 aromatic heterocycles. The van der Waals surface area contributed by atoms with Crippen LogP contribution in [0.2, 0.25) is 0 Å². The molecule has 118 valence electrons. The van der Waals surface area contributed by atoms with Crippen LogP contribution in [0.5, 0.6) is 0 Å². The van der Waals surface area contributed by atoms with E-state index in [9.17, 15) is 10.1 Å². The molecule has 0 saturated carbocycles. The topological polar surface area (TPSA) is 56.6 Å². The highest BCUT2D eigenvalue weighted by atomic mass is 16.6. The fourth-order valence-corrected chi connectivity index (χ4v) is 2.65. The van der Waals surface area contributed by atoms with Crippen molar-refractivity contribution in [2.24, 2.45) is 5.92 Å². The quantitative estimate of drug-likeness (QED) is 0.857. The molecule has 2 rings (SSSR count). The minimum absolute atomic E-state index is 0.0810. The highest BCUT2D eigenvalue weighted by Crippen LogP contribution is 2.14. The molecule has 0 radical (unpaired) electrons. The van der Waals surface area contributed by atoms with E-state index in [2.05, 4.69) is 11.0 Å². The molecule has 5 heteroatoms. The number of piperazine rings is 1. The summed E-state index contributed by atoms with van der Waals surface area (Å²) >= 11 is 0. The zero-order chi connectivity index (χ0) is 15.9. The van der Waals surface area contributed by atoms with Crippen LogP contribution in [0.15, 0.2) is 30.3 Å². The highest BCUT2D eigenvalue weighted by molar-refractivity contribution is 5.67. The number of hydrogen-bond acceptors (Lipinski definition) is 4. The Morgan fingerprint density at radius 2 is 1.86 bits per heavy atom. The summed E-state index contributed by atoms with van der Waals surface area (Å²) in [6.45, 7) is 7.06. The average molecular weight is 301 g/mol. The maximum Gasteiger partial charge on any atom is 0.410 e. The van der Waals surface area contributed by atoms with Crippen LogP contribution in [0.4, 0.5) is 4.79 Å². The van der Waals surface area contributed by atoms with E-state index in [0.29, 0.717) is 25.6 Å². The molecule has 1 unspecified atom stereocenters. The molecule has 1 aromatic carbocycles. The Labute approximate surface area is 132 Å². The lowest BCUT2D eigenvalue weighted by Gasteiger charge is -2.37. The van der Waals surface area contributed by atoms with Gasteiger partial charge in [0.1, 0.15) is 12.6 Å². The third kappa shape index (κ3) is 4.22. The van der Waals surface area contributed by atoms with E-state index in [1.165, 1.54) is 0 Å². The Morgan fingerprint density at radius 3 is 2.41 bits per heavy atom. The number of benzene rings is 1. The van der Waals surface area contributed by atoms with Crippen molar-refractivity contribution < 1.29 is 9.53 Å². The Hall–Kier alpha value is -2.06. The molecule has 22 heavy (non-hydrogen) atoms. The van der Waals surface area contributed by atoms with Crippen LogP contribution < -0.4 is 0 Å². The lowest BCUT2D eigenvalue weighted by Crippen LogP contribution is -2.52. The van der Waals surface area contributed by atoms with Crippen LogP contribution >= 0.6 is 0 Å². The van der Waals surface area contributed by atoms with Gasteiger partial charge in [-0.1, -0.05) is 44.2 Å². The number of nitrogens with zero attached hydrogens (tertiary/aromatic N) is 3. The van der Waals surface area contributed by atoms with Crippen LogP contribution in [-0.2, 0) is 11.3 Å². The molecule has 0 spiro atoms. The first-order valence-electron chi connectivity index (χ1n) is 7.71. The summed E-state index contributed by atoms with van der Waals surface area (Å²) in [6, 6.07) is 11.9. The molecule has 1 aliphatic rings. The van der Waals surface area contributed by atoms with Crippen molar-refractivity contribution in [1.29, 1.82) is 5.26 Å². The number of carbonyl (C=O) groups excluding carboxylic acids is 1. The average Bonchev–Trinajstić information content (AvgIpc) is 2.54. The number of hydrogen-bond donors (Lipinski definition) is 0. The molecule has 1 saturated heterocycles. The van der Waals surface area contributed by atoms with Crippen molar-refractivity contribution in [2.75, 3.05) is 26.2 Å². The van der Waals surface area contributed by atoms with Crippen molar-refractivity contribution in [3.63, 3.8) is 0 Å². The van der Waals surface area contributed by atoms with Gasteiger partial charge in [0.15, 0.2) is 0 Å². The molecule has 1 aromatic rings. The Kier molecular flexibility index (Phi) is 5.79. The summed E-state index contributed by atoms with van der Waals surface area (Å²) in [5.74, 6) is 0.293. The third-order valence-corrected chi connectivity index (χ3v) is 3.93. The van der Waals surface area contributed by atoms with Gasteiger partial charge in [-0.2, -0.15) is 5.26 Å². The molecule has 1 heterocycles. The molecule has 0 bridgehead atoms. The third-order valence-electron chi connectivity index (χ3n) is 3.93. The monoisotopic (exact) mass is 301 g/mol. The van der Waals surface area contributed by atoms with E-state index in [-0.39, 0.29) is 12.1 Å². The van der Waals surface area contributed by atoms with Gasteiger partial charge in [0.05, 0.1) is 6.07 Å². The summed E-state index contributed by atoms with van der Waals surface area (Å²) in [6.07, 6.45) is -0.276. The zero-order valence-electron chi connectivity index (χ0n) is 13.2. The van der Waals surface area contributed by atoms with Gasteiger partial charge < -0.3 is 9.64 Å². The fourth-order valence-electron chi connectivity index (χ4n) is 2.65. The number of nitriles is 1. The van der Waals surface area contributed by atoms with E-state index in [0.717, 1.165) is 18.7 Å². The first-order chi connectivity index (χ1) is 10.6. The van der Waals surface area contributed by atoms with E-state index in [1.807, 2.05) is 44.2 Å². The summed E-state index contributed by atoms with van der Waals surface area (Å²) < 4.78 is 5.34. The minimum atomic E-state index is -0.276. The molecule has 1 amide bonds. The molecule has 0 aliphatic carbocycles. The fraction of sp³-hybridized carbons (Fsp3) is 0.529. The van der Waals surface area contributed by atoms with E-state index in [1.54, 1.807) is 4.90 Å². The van der Waals surface area contributed by atoms with Gasteiger partial charge in [0, 0.05) is 26.2 Å². The zero-order valence-corrected chi connectivity index (χ0v) is 13.2. The van der Waals surface area contributed by atoms with E-state index < -0.39 is 0 Å². The maximum absolute atomic E-state index is 12.1. The van der Waals surface area contributed by atoms with Crippen molar-refractivity contribution in [1.82, 2.24) is 9.80 Å². The first-order valence-corrected chi connectivity index (χ1v) is 7.71. The molecule has 5 nitrogen and oxygen atoms in total. The SMILES string of the molecule is CC(C)C(C#N)N1CCN(C(=O)OCc2ccccc2)CC1.